The highest BCUT2D eigenvalue weighted by Crippen LogP contribution is 2.64. The van der Waals surface area contributed by atoms with E-state index in [0.29, 0.717) is 17.5 Å². The molecule has 5 heteroatoms. The van der Waals surface area contributed by atoms with Gasteiger partial charge in [-0.05, 0) is 98.1 Å². The standard InChI is InChI=1S/C67H44N4O/c1-66(2)52-27-13-12-25-46(52)47-35-36-48-50-39-44(34-38-57(50)71(62(48)61(47)66)45-23-10-5-11-24-45)43-33-37-53-51(40-43)60-49(65-69-63(41-19-6-3-7-20-41)68-64(70-65)42-21-8-4-9-22-42)26-18-30-56(60)67(53)54-28-14-16-31-58(54)72-59-32-17-15-29-55(59)67/h3-40H,1-2H3. The summed E-state index contributed by atoms with van der Waals surface area (Å²) < 4.78 is 9.26. The summed E-state index contributed by atoms with van der Waals surface area (Å²) >= 11 is 0. The molecule has 72 heavy (non-hydrogen) atoms. The van der Waals surface area contributed by atoms with Gasteiger partial charge in [-0.15, -0.1) is 0 Å². The quantitative estimate of drug-likeness (QED) is 0.173. The summed E-state index contributed by atoms with van der Waals surface area (Å²) in [5.74, 6) is 3.57. The molecule has 0 saturated carbocycles. The number of nitrogens with zero attached hydrogens (tertiary/aromatic N) is 4. The van der Waals surface area contributed by atoms with Crippen molar-refractivity contribution in [2.24, 2.45) is 0 Å². The molecule has 0 amide bonds. The minimum absolute atomic E-state index is 0.195. The minimum atomic E-state index is -0.694. The van der Waals surface area contributed by atoms with Gasteiger partial charge in [-0.3, -0.25) is 0 Å². The smallest absolute Gasteiger partial charge is 0.164 e. The molecule has 10 aromatic carbocycles. The van der Waals surface area contributed by atoms with Gasteiger partial charge in [-0.25, -0.2) is 15.0 Å². The Morgan fingerprint density at radius 1 is 0.375 bits per heavy atom. The summed E-state index contributed by atoms with van der Waals surface area (Å²) in [7, 11) is 0. The molecule has 1 aliphatic heterocycles. The molecule has 3 aliphatic rings. The second-order valence-corrected chi connectivity index (χ2v) is 19.8. The van der Waals surface area contributed by atoms with Gasteiger partial charge in [-0.1, -0.05) is 202 Å². The average Bonchev–Trinajstić information content (AvgIpc) is 4.02. The zero-order chi connectivity index (χ0) is 47.7. The van der Waals surface area contributed by atoms with Crippen LogP contribution in [0.3, 0.4) is 0 Å². The number of rotatable bonds is 5. The molecule has 338 valence electrons. The first-order chi connectivity index (χ1) is 35.5. The molecule has 0 atom stereocenters. The highest BCUT2D eigenvalue weighted by Gasteiger charge is 2.52. The van der Waals surface area contributed by atoms with Crippen molar-refractivity contribution >= 4 is 21.8 Å². The highest BCUT2D eigenvalue weighted by molar-refractivity contribution is 6.14. The third-order valence-electron chi connectivity index (χ3n) is 15.7. The molecule has 0 radical (unpaired) electrons. The zero-order valence-corrected chi connectivity index (χ0v) is 39.6. The SMILES string of the molecule is CC1(C)c2ccccc2-c2ccc3c4cc(-c5ccc6c(c5)-c5c(-c7nc(-c8ccccc8)nc(-c8ccccc8)n7)cccc5C65c6ccccc6Oc6ccccc65)ccc4n(-c4ccccc4)c3c21. The molecule has 2 aliphatic carbocycles. The Morgan fingerprint density at radius 2 is 0.931 bits per heavy atom. The molecule has 5 nitrogen and oxygen atoms in total. The van der Waals surface area contributed by atoms with E-state index in [2.05, 4.69) is 213 Å². The van der Waals surface area contributed by atoms with E-state index in [1.165, 1.54) is 49.6 Å². The van der Waals surface area contributed by atoms with E-state index in [1.807, 2.05) is 36.4 Å². The lowest BCUT2D eigenvalue weighted by Crippen LogP contribution is -2.32. The van der Waals surface area contributed by atoms with Crippen molar-refractivity contribution in [3.8, 4) is 84.7 Å². The number of aromatic nitrogens is 4. The summed E-state index contributed by atoms with van der Waals surface area (Å²) in [5, 5.41) is 2.47. The average molecular weight is 921 g/mol. The van der Waals surface area contributed by atoms with E-state index in [9.17, 15) is 0 Å². The van der Waals surface area contributed by atoms with Crippen LogP contribution in [0.25, 0.3) is 95.0 Å². The summed E-state index contributed by atoms with van der Waals surface area (Å²) in [6.07, 6.45) is 0. The van der Waals surface area contributed by atoms with Crippen LogP contribution in [0.4, 0.5) is 0 Å². The van der Waals surface area contributed by atoms with E-state index >= 15 is 0 Å². The van der Waals surface area contributed by atoms with Crippen LogP contribution in [0.2, 0.25) is 0 Å². The van der Waals surface area contributed by atoms with Crippen LogP contribution >= 0.6 is 0 Å². The van der Waals surface area contributed by atoms with Crippen molar-refractivity contribution < 1.29 is 4.74 Å². The minimum Gasteiger partial charge on any atom is -0.457 e. The molecule has 2 aromatic heterocycles. The number of fused-ring (bicyclic) bond motifs is 16. The Bertz CT molecular complexity index is 4110. The molecule has 15 rings (SSSR count). The van der Waals surface area contributed by atoms with E-state index in [0.717, 1.165) is 72.8 Å². The van der Waals surface area contributed by atoms with Gasteiger partial charge in [0.1, 0.15) is 11.5 Å². The van der Waals surface area contributed by atoms with E-state index in [1.54, 1.807) is 0 Å². The van der Waals surface area contributed by atoms with Crippen LogP contribution in [-0.4, -0.2) is 19.5 Å². The number of hydrogen-bond acceptors (Lipinski definition) is 4. The zero-order valence-electron chi connectivity index (χ0n) is 39.6. The molecular formula is C67H44N4O. The molecule has 1 spiro atoms. The Hall–Kier alpha value is -9.19. The molecule has 0 unspecified atom stereocenters. The molecule has 0 fully saturated rings. The fraction of sp³-hybridized carbons (Fsp3) is 0.0597. The van der Waals surface area contributed by atoms with Crippen molar-refractivity contribution in [2.75, 3.05) is 0 Å². The number of hydrogen-bond donors (Lipinski definition) is 0. The first-order valence-electron chi connectivity index (χ1n) is 24.8. The van der Waals surface area contributed by atoms with E-state index in [-0.39, 0.29) is 5.41 Å². The van der Waals surface area contributed by atoms with Crippen molar-refractivity contribution in [2.45, 2.75) is 24.7 Å². The van der Waals surface area contributed by atoms with Gasteiger partial charge in [0.15, 0.2) is 17.5 Å². The van der Waals surface area contributed by atoms with Gasteiger partial charge >= 0.3 is 0 Å². The highest BCUT2D eigenvalue weighted by atomic mass is 16.5. The van der Waals surface area contributed by atoms with Crippen molar-refractivity contribution in [3.05, 3.63) is 264 Å². The van der Waals surface area contributed by atoms with Crippen LogP contribution in [0.5, 0.6) is 11.5 Å². The lowest BCUT2D eigenvalue weighted by Gasteiger charge is -2.39. The normalized spacial score (nSPS) is 14.0. The van der Waals surface area contributed by atoms with Gasteiger partial charge in [0.2, 0.25) is 0 Å². The summed E-state index contributed by atoms with van der Waals surface area (Å²) in [6.45, 7) is 4.77. The predicted molar refractivity (Wildman–Crippen MR) is 291 cm³/mol. The molecule has 0 bridgehead atoms. The van der Waals surface area contributed by atoms with Crippen molar-refractivity contribution in [1.82, 2.24) is 19.5 Å². The summed E-state index contributed by atoms with van der Waals surface area (Å²) in [6, 6.07) is 82.9. The van der Waals surface area contributed by atoms with Crippen LogP contribution in [0.1, 0.15) is 47.2 Å². The Kier molecular flexibility index (Phi) is 8.56. The second kappa shape index (κ2) is 15.2. The van der Waals surface area contributed by atoms with Gasteiger partial charge in [-0.2, -0.15) is 0 Å². The molecule has 12 aromatic rings. The maximum Gasteiger partial charge on any atom is 0.164 e. The fourth-order valence-electron chi connectivity index (χ4n) is 12.6. The Morgan fingerprint density at radius 3 is 1.62 bits per heavy atom. The third-order valence-corrected chi connectivity index (χ3v) is 15.7. The maximum atomic E-state index is 6.77. The monoisotopic (exact) mass is 920 g/mol. The van der Waals surface area contributed by atoms with E-state index in [4.69, 9.17) is 19.7 Å². The summed E-state index contributed by atoms with van der Waals surface area (Å²) in [4.78, 5) is 15.8. The van der Waals surface area contributed by atoms with Crippen molar-refractivity contribution in [1.29, 1.82) is 0 Å². The molecule has 0 saturated heterocycles. The lowest BCUT2D eigenvalue weighted by atomic mass is 9.66. The number of para-hydroxylation sites is 3. The summed E-state index contributed by atoms with van der Waals surface area (Å²) in [5.41, 5.74) is 20.0. The van der Waals surface area contributed by atoms with Gasteiger partial charge in [0.05, 0.1) is 16.4 Å². The van der Waals surface area contributed by atoms with Gasteiger partial charge in [0.25, 0.3) is 0 Å². The fourth-order valence-corrected chi connectivity index (χ4v) is 12.6. The molecule has 0 N–H and O–H groups in total. The largest absolute Gasteiger partial charge is 0.457 e. The topological polar surface area (TPSA) is 52.8 Å². The van der Waals surface area contributed by atoms with Crippen molar-refractivity contribution in [3.63, 3.8) is 0 Å². The first kappa shape index (κ1) is 40.7. The van der Waals surface area contributed by atoms with Crippen LogP contribution < -0.4 is 4.74 Å². The third kappa shape index (κ3) is 5.62. The first-order valence-corrected chi connectivity index (χ1v) is 24.8. The van der Waals surface area contributed by atoms with Crippen LogP contribution in [-0.2, 0) is 10.8 Å². The van der Waals surface area contributed by atoms with Gasteiger partial charge in [0, 0.05) is 49.7 Å². The Balaban J connectivity index is 0.998. The number of benzene rings is 10. The number of ether oxygens (including phenoxy) is 1. The van der Waals surface area contributed by atoms with Crippen LogP contribution in [0, 0.1) is 0 Å². The van der Waals surface area contributed by atoms with Gasteiger partial charge < -0.3 is 9.30 Å². The molecule has 3 heterocycles. The Labute approximate surface area is 417 Å². The van der Waals surface area contributed by atoms with Crippen LogP contribution in [0.15, 0.2) is 231 Å². The predicted octanol–water partition coefficient (Wildman–Crippen LogP) is 16.4. The van der Waals surface area contributed by atoms with E-state index < -0.39 is 5.41 Å². The maximum absolute atomic E-state index is 6.77. The second-order valence-electron chi connectivity index (χ2n) is 19.8. The molecular weight excluding hydrogens is 877 g/mol. The lowest BCUT2D eigenvalue weighted by molar-refractivity contribution is 0.436.